The lowest BCUT2D eigenvalue weighted by molar-refractivity contribution is 0.108. The van der Waals surface area contributed by atoms with Crippen LogP contribution in [0.2, 0.25) is 0 Å². The molecule has 164 valence electrons. The maximum absolute atomic E-state index is 12.6. The van der Waals surface area contributed by atoms with E-state index < -0.39 is 5.24 Å². The Hall–Kier alpha value is -3.63. The first-order valence-electron chi connectivity index (χ1n) is 10.9. The summed E-state index contributed by atoms with van der Waals surface area (Å²) >= 11 is 6.09. The summed E-state index contributed by atoms with van der Waals surface area (Å²) in [4.78, 5) is 17.5. The molecule has 0 saturated carbocycles. The Kier molecular flexibility index (Phi) is 5.61. The third kappa shape index (κ3) is 3.87. The van der Waals surface area contributed by atoms with Gasteiger partial charge in [0.05, 0.1) is 10.9 Å². The molecule has 0 atom stereocenters. The average molecular weight is 456 g/mol. The lowest BCUT2D eigenvalue weighted by Gasteiger charge is -2.15. The first kappa shape index (κ1) is 21.2. The number of hydrogen-bond donors (Lipinski definition) is 0. The number of rotatable bonds is 6. The van der Waals surface area contributed by atoms with Crippen molar-refractivity contribution in [3.8, 4) is 17.2 Å². The Morgan fingerprint density at radius 3 is 2.52 bits per heavy atom. The molecule has 2 aromatic heterocycles. The largest absolute Gasteiger partial charge is 0.488 e. The summed E-state index contributed by atoms with van der Waals surface area (Å²) in [6, 6.07) is 23.3. The van der Waals surface area contributed by atoms with Crippen LogP contribution in [0.5, 0.6) is 5.75 Å². The minimum Gasteiger partial charge on any atom is -0.488 e. The Morgan fingerprint density at radius 2 is 1.79 bits per heavy atom. The summed E-state index contributed by atoms with van der Waals surface area (Å²) in [6.07, 6.45) is 0.751. The number of carbonyl (C=O) groups excluding carboxylic acids is 1. The minimum atomic E-state index is -0.560. The number of aryl methyl sites for hydroxylation is 2. The summed E-state index contributed by atoms with van der Waals surface area (Å²) in [5, 5.41) is 1.09. The smallest absolute Gasteiger partial charge is 0.253 e. The van der Waals surface area contributed by atoms with Crippen molar-refractivity contribution in [2.75, 3.05) is 0 Å². The molecular formula is C28H22ClNO3. The average Bonchev–Trinajstić information content (AvgIpc) is 3.19. The normalized spacial score (nSPS) is 11.2. The van der Waals surface area contributed by atoms with Gasteiger partial charge in [-0.3, -0.25) is 4.79 Å². The van der Waals surface area contributed by atoms with Crippen molar-refractivity contribution in [2.45, 2.75) is 26.9 Å². The Bertz CT molecular complexity index is 1490. The van der Waals surface area contributed by atoms with E-state index >= 15 is 0 Å². The van der Waals surface area contributed by atoms with Crippen LogP contribution in [-0.2, 0) is 13.0 Å². The SMILES string of the molecule is CCc1ccc(OCc2ccccc2)c2c(C(=O)Cl)cc(-c3oc4ccccc4c3C)nc12. The Balaban J connectivity index is 1.70. The van der Waals surface area contributed by atoms with Crippen LogP contribution < -0.4 is 4.74 Å². The van der Waals surface area contributed by atoms with Crippen molar-refractivity contribution in [3.63, 3.8) is 0 Å². The van der Waals surface area contributed by atoms with Crippen LogP contribution in [0, 0.1) is 6.92 Å². The number of furan rings is 1. The van der Waals surface area contributed by atoms with E-state index in [4.69, 9.17) is 25.7 Å². The number of para-hydroxylation sites is 1. The van der Waals surface area contributed by atoms with Gasteiger partial charge in [-0.25, -0.2) is 4.98 Å². The molecule has 0 N–H and O–H groups in total. The predicted molar refractivity (Wildman–Crippen MR) is 132 cm³/mol. The van der Waals surface area contributed by atoms with Crippen molar-refractivity contribution in [1.82, 2.24) is 4.98 Å². The molecule has 0 unspecified atom stereocenters. The Morgan fingerprint density at radius 1 is 1.03 bits per heavy atom. The number of benzene rings is 3. The van der Waals surface area contributed by atoms with Crippen LogP contribution in [0.1, 0.15) is 34.0 Å². The molecule has 0 aliphatic heterocycles. The van der Waals surface area contributed by atoms with Gasteiger partial charge in [-0.1, -0.05) is 61.5 Å². The zero-order valence-corrected chi connectivity index (χ0v) is 19.1. The highest BCUT2D eigenvalue weighted by Crippen LogP contribution is 2.38. The zero-order chi connectivity index (χ0) is 22.9. The van der Waals surface area contributed by atoms with Crippen LogP contribution in [0.3, 0.4) is 0 Å². The molecule has 0 radical (unpaired) electrons. The fraction of sp³-hybridized carbons (Fsp3) is 0.143. The number of pyridine rings is 1. The Labute approximate surface area is 196 Å². The van der Waals surface area contributed by atoms with Gasteiger partial charge >= 0.3 is 0 Å². The number of fused-ring (bicyclic) bond motifs is 2. The topological polar surface area (TPSA) is 52.3 Å². The van der Waals surface area contributed by atoms with E-state index in [0.29, 0.717) is 40.3 Å². The van der Waals surface area contributed by atoms with Crippen molar-refractivity contribution >= 4 is 38.7 Å². The second-order valence-electron chi connectivity index (χ2n) is 7.96. The fourth-order valence-electron chi connectivity index (χ4n) is 4.20. The molecule has 0 fully saturated rings. The first-order chi connectivity index (χ1) is 16.1. The van der Waals surface area contributed by atoms with Gasteiger partial charge in [-0.05, 0) is 54.3 Å². The second-order valence-corrected chi connectivity index (χ2v) is 8.30. The number of ether oxygens (including phenoxy) is 1. The molecule has 3 aromatic carbocycles. The molecule has 0 aliphatic carbocycles. The van der Waals surface area contributed by atoms with Crippen LogP contribution in [0.15, 0.2) is 77.2 Å². The highest BCUT2D eigenvalue weighted by molar-refractivity contribution is 6.68. The molecule has 0 amide bonds. The molecule has 2 heterocycles. The molecular weight excluding hydrogens is 434 g/mol. The molecule has 0 spiro atoms. The van der Waals surface area contributed by atoms with Crippen molar-refractivity contribution in [2.24, 2.45) is 0 Å². The van der Waals surface area contributed by atoms with Crippen LogP contribution >= 0.6 is 11.6 Å². The molecule has 5 rings (SSSR count). The lowest BCUT2D eigenvalue weighted by Crippen LogP contribution is -2.03. The summed E-state index contributed by atoms with van der Waals surface area (Å²) in [5.74, 6) is 1.21. The van der Waals surface area contributed by atoms with Crippen molar-refractivity contribution in [1.29, 1.82) is 0 Å². The summed E-state index contributed by atoms with van der Waals surface area (Å²) in [6.45, 7) is 4.43. The van der Waals surface area contributed by atoms with Gasteiger partial charge in [-0.15, -0.1) is 0 Å². The lowest BCUT2D eigenvalue weighted by atomic mass is 10.0. The van der Waals surface area contributed by atoms with Gasteiger partial charge in [0.15, 0.2) is 5.76 Å². The van der Waals surface area contributed by atoms with Crippen molar-refractivity contribution in [3.05, 3.63) is 95.1 Å². The molecule has 4 nitrogen and oxygen atoms in total. The van der Waals surface area contributed by atoms with Crippen molar-refractivity contribution < 1.29 is 13.9 Å². The number of carbonyl (C=O) groups is 1. The summed E-state index contributed by atoms with van der Waals surface area (Å²) < 4.78 is 12.3. The highest BCUT2D eigenvalue weighted by Gasteiger charge is 2.21. The van der Waals surface area contributed by atoms with Gasteiger partial charge in [0.1, 0.15) is 23.6 Å². The maximum atomic E-state index is 12.6. The number of nitrogens with zero attached hydrogens (tertiary/aromatic N) is 1. The molecule has 0 saturated heterocycles. The zero-order valence-electron chi connectivity index (χ0n) is 18.4. The van der Waals surface area contributed by atoms with E-state index in [0.717, 1.165) is 34.1 Å². The predicted octanol–water partition coefficient (Wildman–Crippen LogP) is 7.48. The number of hydrogen-bond acceptors (Lipinski definition) is 4. The van der Waals surface area contributed by atoms with Crippen LogP contribution in [0.25, 0.3) is 33.3 Å². The summed E-state index contributed by atoms with van der Waals surface area (Å²) in [5.41, 5.74) is 5.42. The third-order valence-electron chi connectivity index (χ3n) is 5.91. The summed E-state index contributed by atoms with van der Waals surface area (Å²) in [7, 11) is 0. The van der Waals surface area contributed by atoms with E-state index in [1.165, 1.54) is 0 Å². The van der Waals surface area contributed by atoms with Crippen LogP contribution in [-0.4, -0.2) is 10.2 Å². The number of aromatic nitrogens is 1. The fourth-order valence-corrected chi connectivity index (χ4v) is 4.35. The van der Waals surface area contributed by atoms with E-state index in [9.17, 15) is 4.79 Å². The van der Waals surface area contributed by atoms with Gasteiger partial charge < -0.3 is 9.15 Å². The van der Waals surface area contributed by atoms with Gasteiger partial charge in [0.25, 0.3) is 5.24 Å². The second kappa shape index (κ2) is 8.72. The minimum absolute atomic E-state index is 0.356. The molecule has 5 aromatic rings. The van der Waals surface area contributed by atoms with Gasteiger partial charge in [0, 0.05) is 16.5 Å². The molecule has 0 bridgehead atoms. The van der Waals surface area contributed by atoms with E-state index in [1.807, 2.05) is 73.7 Å². The first-order valence-corrected chi connectivity index (χ1v) is 11.3. The quantitative estimate of drug-likeness (QED) is 0.249. The molecule has 0 aliphatic rings. The van der Waals surface area contributed by atoms with E-state index in [-0.39, 0.29) is 0 Å². The third-order valence-corrected chi connectivity index (χ3v) is 6.12. The van der Waals surface area contributed by atoms with Gasteiger partial charge in [-0.2, -0.15) is 0 Å². The molecule has 33 heavy (non-hydrogen) atoms. The van der Waals surface area contributed by atoms with Crippen LogP contribution in [0.4, 0.5) is 0 Å². The number of halogens is 1. The monoisotopic (exact) mass is 455 g/mol. The molecule has 5 heteroatoms. The van der Waals surface area contributed by atoms with E-state index in [2.05, 4.69) is 6.92 Å². The standard InChI is InChI=1S/C28H22ClNO3/c1-3-19-13-14-24(32-16-18-9-5-4-6-10-18)25-21(28(29)31)15-22(30-26(19)25)27-17(2)20-11-7-8-12-23(20)33-27/h4-15H,3,16H2,1-2H3. The highest BCUT2D eigenvalue weighted by atomic mass is 35.5. The maximum Gasteiger partial charge on any atom is 0.253 e. The van der Waals surface area contributed by atoms with E-state index in [1.54, 1.807) is 6.07 Å². The van der Waals surface area contributed by atoms with Gasteiger partial charge in [0.2, 0.25) is 0 Å².